The highest BCUT2D eigenvalue weighted by Crippen LogP contribution is 2.10. The Morgan fingerprint density at radius 2 is 1.95 bits per heavy atom. The fraction of sp³-hybridized carbons (Fsp3) is 0.533. The standard InChI is InChI=1S/C15H22ClN3O/c16-14-4-1-13(2-5-14)3-6-15(20)18-9-12-19-10-7-17-8-11-19/h1-2,4-5,17H,3,6-12H2,(H,18,20). The van der Waals surface area contributed by atoms with Crippen molar-refractivity contribution in [3.8, 4) is 0 Å². The van der Waals surface area contributed by atoms with Gasteiger partial charge in [0.2, 0.25) is 5.91 Å². The van der Waals surface area contributed by atoms with E-state index in [0.717, 1.165) is 56.3 Å². The minimum Gasteiger partial charge on any atom is -0.355 e. The molecule has 0 aliphatic carbocycles. The van der Waals surface area contributed by atoms with Gasteiger partial charge >= 0.3 is 0 Å². The average Bonchev–Trinajstić information content (AvgIpc) is 2.48. The molecule has 1 saturated heterocycles. The summed E-state index contributed by atoms with van der Waals surface area (Å²) >= 11 is 5.83. The molecule has 0 unspecified atom stereocenters. The van der Waals surface area contributed by atoms with Crippen LogP contribution >= 0.6 is 11.6 Å². The van der Waals surface area contributed by atoms with Crippen molar-refractivity contribution in [2.75, 3.05) is 39.3 Å². The first kappa shape index (κ1) is 15.3. The third-order valence-corrected chi connectivity index (χ3v) is 3.77. The van der Waals surface area contributed by atoms with E-state index >= 15 is 0 Å². The minimum absolute atomic E-state index is 0.120. The first-order valence-electron chi connectivity index (χ1n) is 7.18. The summed E-state index contributed by atoms with van der Waals surface area (Å²) in [5, 5.41) is 7.03. The Bertz CT molecular complexity index is 416. The molecule has 0 spiro atoms. The first-order chi connectivity index (χ1) is 9.74. The van der Waals surface area contributed by atoms with Gasteiger partial charge in [-0.2, -0.15) is 0 Å². The number of piperazine rings is 1. The highest BCUT2D eigenvalue weighted by atomic mass is 35.5. The minimum atomic E-state index is 0.120. The van der Waals surface area contributed by atoms with Crippen LogP contribution in [0.1, 0.15) is 12.0 Å². The van der Waals surface area contributed by atoms with Crippen LogP contribution in [0.15, 0.2) is 24.3 Å². The number of halogens is 1. The molecule has 1 aliphatic rings. The molecule has 1 fully saturated rings. The van der Waals surface area contributed by atoms with Crippen LogP contribution in [0.2, 0.25) is 5.02 Å². The molecule has 1 aromatic rings. The van der Waals surface area contributed by atoms with Gasteiger partial charge in [-0.3, -0.25) is 9.69 Å². The number of carbonyl (C=O) groups excluding carboxylic acids is 1. The van der Waals surface area contributed by atoms with E-state index in [2.05, 4.69) is 15.5 Å². The van der Waals surface area contributed by atoms with E-state index in [1.807, 2.05) is 24.3 Å². The zero-order chi connectivity index (χ0) is 14.2. The van der Waals surface area contributed by atoms with E-state index in [9.17, 15) is 4.79 Å². The van der Waals surface area contributed by atoms with Crippen molar-refractivity contribution in [3.63, 3.8) is 0 Å². The molecule has 1 aromatic carbocycles. The normalized spacial score (nSPS) is 16.1. The zero-order valence-corrected chi connectivity index (χ0v) is 12.5. The van der Waals surface area contributed by atoms with E-state index in [1.165, 1.54) is 0 Å². The molecule has 2 N–H and O–H groups in total. The smallest absolute Gasteiger partial charge is 0.220 e. The van der Waals surface area contributed by atoms with Gasteiger partial charge in [-0.15, -0.1) is 0 Å². The summed E-state index contributed by atoms with van der Waals surface area (Å²) in [6, 6.07) is 7.66. The van der Waals surface area contributed by atoms with Gasteiger partial charge in [0.05, 0.1) is 0 Å². The Hall–Kier alpha value is -1.10. The number of rotatable bonds is 6. The van der Waals surface area contributed by atoms with Crippen LogP contribution in [0.3, 0.4) is 0 Å². The highest BCUT2D eigenvalue weighted by molar-refractivity contribution is 6.30. The molecule has 0 radical (unpaired) electrons. The molecule has 110 valence electrons. The zero-order valence-electron chi connectivity index (χ0n) is 11.7. The molecule has 1 aliphatic heterocycles. The molecule has 0 aromatic heterocycles. The van der Waals surface area contributed by atoms with Crippen LogP contribution in [0, 0.1) is 0 Å². The molecule has 4 nitrogen and oxygen atoms in total. The Morgan fingerprint density at radius 3 is 2.65 bits per heavy atom. The van der Waals surface area contributed by atoms with Gasteiger partial charge in [0.25, 0.3) is 0 Å². The molecular weight excluding hydrogens is 274 g/mol. The maximum absolute atomic E-state index is 11.8. The number of hydrogen-bond acceptors (Lipinski definition) is 3. The summed E-state index contributed by atoms with van der Waals surface area (Å²) < 4.78 is 0. The summed E-state index contributed by atoms with van der Waals surface area (Å²) in [4.78, 5) is 14.1. The molecule has 0 bridgehead atoms. The lowest BCUT2D eigenvalue weighted by atomic mass is 10.1. The van der Waals surface area contributed by atoms with Gasteiger partial charge in [-0.05, 0) is 24.1 Å². The van der Waals surface area contributed by atoms with E-state index in [0.29, 0.717) is 6.42 Å². The van der Waals surface area contributed by atoms with Gasteiger partial charge in [0, 0.05) is 50.7 Å². The number of nitrogens with one attached hydrogen (secondary N) is 2. The van der Waals surface area contributed by atoms with Crippen molar-refractivity contribution < 1.29 is 4.79 Å². The number of carbonyl (C=O) groups is 1. The highest BCUT2D eigenvalue weighted by Gasteiger charge is 2.09. The third kappa shape index (κ3) is 5.49. The van der Waals surface area contributed by atoms with Gasteiger partial charge < -0.3 is 10.6 Å². The summed E-state index contributed by atoms with van der Waals surface area (Å²) in [7, 11) is 0. The Kier molecular flexibility index (Phi) is 6.30. The van der Waals surface area contributed by atoms with Crippen LogP contribution < -0.4 is 10.6 Å². The van der Waals surface area contributed by atoms with Gasteiger partial charge in [-0.1, -0.05) is 23.7 Å². The second-order valence-electron chi connectivity index (χ2n) is 5.07. The summed E-state index contributed by atoms with van der Waals surface area (Å²) in [6.45, 7) is 5.91. The van der Waals surface area contributed by atoms with Gasteiger partial charge in [-0.25, -0.2) is 0 Å². The van der Waals surface area contributed by atoms with Crippen molar-refractivity contribution in [1.82, 2.24) is 15.5 Å². The first-order valence-corrected chi connectivity index (χ1v) is 7.56. The Labute approximate surface area is 125 Å². The molecule has 5 heteroatoms. The van der Waals surface area contributed by atoms with Crippen LogP contribution in [-0.2, 0) is 11.2 Å². The lowest BCUT2D eigenvalue weighted by Gasteiger charge is -2.27. The molecule has 2 rings (SSSR count). The van der Waals surface area contributed by atoms with E-state index < -0.39 is 0 Å². The number of nitrogens with zero attached hydrogens (tertiary/aromatic N) is 1. The predicted molar refractivity (Wildman–Crippen MR) is 82.1 cm³/mol. The molecular formula is C15H22ClN3O. The fourth-order valence-corrected chi connectivity index (χ4v) is 2.41. The fourth-order valence-electron chi connectivity index (χ4n) is 2.29. The van der Waals surface area contributed by atoms with Crippen LogP contribution in [-0.4, -0.2) is 50.1 Å². The van der Waals surface area contributed by atoms with Crippen molar-refractivity contribution >= 4 is 17.5 Å². The maximum atomic E-state index is 11.8. The second-order valence-corrected chi connectivity index (χ2v) is 5.50. The van der Waals surface area contributed by atoms with Crippen molar-refractivity contribution in [3.05, 3.63) is 34.9 Å². The van der Waals surface area contributed by atoms with Crippen molar-refractivity contribution in [2.45, 2.75) is 12.8 Å². The molecule has 0 saturated carbocycles. The number of benzene rings is 1. The maximum Gasteiger partial charge on any atom is 0.220 e. The SMILES string of the molecule is O=C(CCc1ccc(Cl)cc1)NCCN1CCNCC1. The number of aryl methyl sites for hydroxylation is 1. The van der Waals surface area contributed by atoms with E-state index in [4.69, 9.17) is 11.6 Å². The summed E-state index contributed by atoms with van der Waals surface area (Å²) in [6.07, 6.45) is 1.29. The van der Waals surface area contributed by atoms with Crippen LogP contribution in [0.5, 0.6) is 0 Å². The van der Waals surface area contributed by atoms with Gasteiger partial charge in [0.1, 0.15) is 0 Å². The largest absolute Gasteiger partial charge is 0.355 e. The Balaban J connectivity index is 1.59. The van der Waals surface area contributed by atoms with E-state index in [-0.39, 0.29) is 5.91 Å². The summed E-state index contributed by atoms with van der Waals surface area (Å²) in [5.41, 5.74) is 1.15. The quantitative estimate of drug-likeness (QED) is 0.831. The number of hydrogen-bond donors (Lipinski definition) is 2. The second kappa shape index (κ2) is 8.25. The lowest BCUT2D eigenvalue weighted by molar-refractivity contribution is -0.121. The van der Waals surface area contributed by atoms with E-state index in [1.54, 1.807) is 0 Å². The monoisotopic (exact) mass is 295 g/mol. The topological polar surface area (TPSA) is 44.4 Å². The van der Waals surface area contributed by atoms with Gasteiger partial charge in [0.15, 0.2) is 0 Å². The molecule has 20 heavy (non-hydrogen) atoms. The van der Waals surface area contributed by atoms with Crippen LogP contribution in [0.25, 0.3) is 0 Å². The predicted octanol–water partition coefficient (Wildman–Crippen LogP) is 1.29. The van der Waals surface area contributed by atoms with Crippen LogP contribution in [0.4, 0.5) is 0 Å². The molecule has 1 heterocycles. The lowest BCUT2D eigenvalue weighted by Crippen LogP contribution is -2.46. The van der Waals surface area contributed by atoms with Crippen molar-refractivity contribution in [2.24, 2.45) is 0 Å². The molecule has 1 amide bonds. The Morgan fingerprint density at radius 1 is 1.25 bits per heavy atom. The summed E-state index contributed by atoms with van der Waals surface area (Å²) in [5.74, 6) is 0.120. The third-order valence-electron chi connectivity index (χ3n) is 3.51. The number of amides is 1. The average molecular weight is 296 g/mol. The molecule has 0 atom stereocenters. The van der Waals surface area contributed by atoms with Crippen molar-refractivity contribution in [1.29, 1.82) is 0 Å².